The molecule has 0 saturated heterocycles. The second kappa shape index (κ2) is 1.55. The molecule has 0 amide bonds. The summed E-state index contributed by atoms with van der Waals surface area (Å²) in [5.41, 5.74) is 0.903. The molecule has 0 atom stereocenters. The summed E-state index contributed by atoms with van der Waals surface area (Å²) in [4.78, 5) is 0. The summed E-state index contributed by atoms with van der Waals surface area (Å²) < 4.78 is 0. The number of rotatable bonds is 0. The summed E-state index contributed by atoms with van der Waals surface area (Å²) >= 11 is 0. The number of allylic oxidation sites excluding steroid dienone is 4. The lowest BCUT2D eigenvalue weighted by molar-refractivity contribution is 0.219. The first kappa shape index (κ1) is 6.21. The fourth-order valence-corrected chi connectivity index (χ4v) is 2.11. The van der Waals surface area contributed by atoms with Crippen LogP contribution in [0.1, 0.15) is 26.7 Å². The van der Waals surface area contributed by atoms with E-state index in [2.05, 4.69) is 38.2 Å². The van der Waals surface area contributed by atoms with E-state index < -0.39 is 0 Å². The van der Waals surface area contributed by atoms with Gasteiger partial charge in [0.1, 0.15) is 0 Å². The van der Waals surface area contributed by atoms with Crippen LogP contribution >= 0.6 is 0 Å². The second-order valence-electron chi connectivity index (χ2n) is 4.06. The Bertz CT molecular complexity index is 192. The fourth-order valence-electron chi connectivity index (χ4n) is 2.11. The van der Waals surface area contributed by atoms with Crippen molar-refractivity contribution in [1.29, 1.82) is 0 Å². The van der Waals surface area contributed by atoms with Gasteiger partial charge >= 0.3 is 0 Å². The van der Waals surface area contributed by atoms with E-state index >= 15 is 0 Å². The van der Waals surface area contributed by atoms with Crippen LogP contribution in [0.25, 0.3) is 0 Å². The molecule has 0 aromatic carbocycles. The minimum atomic E-state index is 0.382. The van der Waals surface area contributed by atoms with Gasteiger partial charge in [-0.25, -0.2) is 0 Å². The molecule has 2 aliphatic carbocycles. The number of fused-ring (bicyclic) bond motifs is 1. The van der Waals surface area contributed by atoms with Gasteiger partial charge in [0.15, 0.2) is 0 Å². The zero-order chi connectivity index (χ0) is 7.24. The molecule has 0 aliphatic heterocycles. The van der Waals surface area contributed by atoms with Crippen molar-refractivity contribution in [3.05, 3.63) is 24.3 Å². The maximum atomic E-state index is 2.38. The van der Waals surface area contributed by atoms with Gasteiger partial charge in [0.05, 0.1) is 0 Å². The van der Waals surface area contributed by atoms with E-state index in [0.29, 0.717) is 10.8 Å². The number of hydrogen-bond acceptors (Lipinski definition) is 0. The van der Waals surface area contributed by atoms with Crippen molar-refractivity contribution < 1.29 is 0 Å². The maximum Gasteiger partial charge on any atom is 0.00923 e. The standard InChI is InChI=1S/C10H14/c1-9-5-3-7-10(9,2)8-4-6-9/h3-6H,7-8H2,1-2H3. The predicted molar refractivity (Wildman–Crippen MR) is 43.7 cm³/mol. The highest BCUT2D eigenvalue weighted by atomic mass is 14.5. The third kappa shape index (κ3) is 0.524. The Morgan fingerprint density at radius 3 is 1.90 bits per heavy atom. The molecule has 2 rings (SSSR count). The molecule has 2 aliphatic rings. The Labute approximate surface area is 62.6 Å². The summed E-state index contributed by atoms with van der Waals surface area (Å²) in [7, 11) is 0. The van der Waals surface area contributed by atoms with Crippen LogP contribution in [0.3, 0.4) is 0 Å². The minimum Gasteiger partial charge on any atom is -0.0871 e. The Balaban J connectivity index is 2.44. The highest BCUT2D eigenvalue weighted by molar-refractivity contribution is 5.28. The van der Waals surface area contributed by atoms with Crippen molar-refractivity contribution in [2.75, 3.05) is 0 Å². The van der Waals surface area contributed by atoms with E-state index in [1.165, 1.54) is 12.8 Å². The van der Waals surface area contributed by atoms with Crippen molar-refractivity contribution in [1.82, 2.24) is 0 Å². The molecule has 0 bridgehead atoms. The Morgan fingerprint density at radius 1 is 1.00 bits per heavy atom. The van der Waals surface area contributed by atoms with Crippen molar-refractivity contribution in [3.8, 4) is 0 Å². The van der Waals surface area contributed by atoms with Gasteiger partial charge in [0.2, 0.25) is 0 Å². The minimum absolute atomic E-state index is 0.382. The first-order valence-corrected chi connectivity index (χ1v) is 4.02. The van der Waals surface area contributed by atoms with Gasteiger partial charge < -0.3 is 0 Å². The monoisotopic (exact) mass is 134 g/mol. The third-order valence-corrected chi connectivity index (χ3v) is 3.37. The largest absolute Gasteiger partial charge is 0.0871 e. The molecule has 0 aromatic heterocycles. The molecule has 0 radical (unpaired) electrons. The average molecular weight is 134 g/mol. The van der Waals surface area contributed by atoms with Gasteiger partial charge in [0, 0.05) is 5.41 Å². The Morgan fingerprint density at radius 2 is 1.50 bits per heavy atom. The Hall–Kier alpha value is -0.520. The quantitative estimate of drug-likeness (QED) is 0.447. The van der Waals surface area contributed by atoms with Crippen molar-refractivity contribution in [3.63, 3.8) is 0 Å². The third-order valence-electron chi connectivity index (χ3n) is 3.37. The van der Waals surface area contributed by atoms with Crippen LogP contribution in [0.15, 0.2) is 24.3 Å². The normalized spacial score (nSPS) is 50.2. The lowest BCUT2D eigenvalue weighted by Gasteiger charge is -2.33. The molecular weight excluding hydrogens is 120 g/mol. The van der Waals surface area contributed by atoms with Gasteiger partial charge in [0.25, 0.3) is 0 Å². The summed E-state index contributed by atoms with van der Waals surface area (Å²) in [5, 5.41) is 0. The van der Waals surface area contributed by atoms with Gasteiger partial charge in [-0.1, -0.05) is 38.2 Å². The molecule has 54 valence electrons. The van der Waals surface area contributed by atoms with Crippen molar-refractivity contribution in [2.45, 2.75) is 26.7 Å². The van der Waals surface area contributed by atoms with Crippen molar-refractivity contribution in [2.24, 2.45) is 10.8 Å². The second-order valence-corrected chi connectivity index (χ2v) is 4.06. The predicted octanol–water partition coefficient (Wildman–Crippen LogP) is 2.92. The molecule has 0 heterocycles. The van der Waals surface area contributed by atoms with E-state index in [4.69, 9.17) is 0 Å². The summed E-state index contributed by atoms with van der Waals surface area (Å²) in [6, 6.07) is 0. The lowest BCUT2D eigenvalue weighted by atomic mass is 9.70. The number of hydrogen-bond donors (Lipinski definition) is 0. The van der Waals surface area contributed by atoms with E-state index in [1.54, 1.807) is 0 Å². The van der Waals surface area contributed by atoms with Crippen LogP contribution in [-0.4, -0.2) is 0 Å². The van der Waals surface area contributed by atoms with Gasteiger partial charge in [-0.05, 0) is 18.3 Å². The lowest BCUT2D eigenvalue weighted by Crippen LogP contribution is -2.26. The van der Waals surface area contributed by atoms with Gasteiger partial charge in [-0.2, -0.15) is 0 Å². The summed E-state index contributed by atoms with van der Waals surface area (Å²) in [6.07, 6.45) is 11.9. The van der Waals surface area contributed by atoms with Crippen LogP contribution in [0.5, 0.6) is 0 Å². The van der Waals surface area contributed by atoms with Crippen molar-refractivity contribution >= 4 is 0 Å². The fraction of sp³-hybridized carbons (Fsp3) is 0.600. The zero-order valence-electron chi connectivity index (χ0n) is 6.72. The van der Waals surface area contributed by atoms with Crippen LogP contribution in [0.2, 0.25) is 0 Å². The molecule has 0 spiro atoms. The van der Waals surface area contributed by atoms with Crippen LogP contribution < -0.4 is 0 Å². The maximum absolute atomic E-state index is 2.38. The molecule has 10 heavy (non-hydrogen) atoms. The summed E-state index contributed by atoms with van der Waals surface area (Å²) in [6.45, 7) is 4.72. The molecule has 0 heteroatoms. The molecule has 0 unspecified atom stereocenters. The molecular formula is C10H14. The molecule has 0 saturated carbocycles. The highest BCUT2D eigenvalue weighted by Gasteiger charge is 2.45. The first-order chi connectivity index (χ1) is 4.66. The molecule has 0 fully saturated rings. The highest BCUT2D eigenvalue weighted by Crippen LogP contribution is 2.55. The summed E-state index contributed by atoms with van der Waals surface area (Å²) in [5.74, 6) is 0. The van der Waals surface area contributed by atoms with Crippen LogP contribution in [-0.2, 0) is 0 Å². The Kier molecular flexibility index (Phi) is 0.964. The van der Waals surface area contributed by atoms with Crippen LogP contribution in [0, 0.1) is 10.8 Å². The zero-order valence-corrected chi connectivity index (χ0v) is 6.72. The average Bonchev–Trinajstić information content (AvgIpc) is 2.20. The molecule has 0 aromatic rings. The van der Waals surface area contributed by atoms with Crippen LogP contribution in [0.4, 0.5) is 0 Å². The van der Waals surface area contributed by atoms with Gasteiger partial charge in [-0.3, -0.25) is 0 Å². The smallest absolute Gasteiger partial charge is 0.00923 e. The topological polar surface area (TPSA) is 0 Å². The van der Waals surface area contributed by atoms with E-state index in [1.807, 2.05) is 0 Å². The molecule has 0 N–H and O–H groups in total. The molecule has 0 nitrogen and oxygen atoms in total. The van der Waals surface area contributed by atoms with E-state index in [0.717, 1.165) is 0 Å². The van der Waals surface area contributed by atoms with E-state index in [9.17, 15) is 0 Å². The van der Waals surface area contributed by atoms with Gasteiger partial charge in [-0.15, -0.1) is 0 Å². The first-order valence-electron chi connectivity index (χ1n) is 4.02. The van der Waals surface area contributed by atoms with E-state index in [-0.39, 0.29) is 0 Å². The SMILES string of the molecule is CC12C=CCC1(C)CC=C2.